The van der Waals surface area contributed by atoms with E-state index in [0.29, 0.717) is 110 Å². The molecule has 3 saturated heterocycles. The molecule has 4 N–H and O–H groups in total. The molecule has 17 rings (SSSR count). The fourth-order valence-electron chi connectivity index (χ4n) is 15.1. The minimum absolute atomic E-state index is 0.00134. The second-order valence-electron chi connectivity index (χ2n) is 30.2. The number of hydrogen-bond acceptors (Lipinski definition) is 30. The van der Waals surface area contributed by atoms with Crippen molar-refractivity contribution in [3.05, 3.63) is 205 Å². The molecule has 6 aromatic carbocycles. The lowest BCUT2D eigenvalue weighted by atomic mass is 9.95. The van der Waals surface area contributed by atoms with Crippen LogP contribution >= 0.6 is 25.7 Å². The van der Waals surface area contributed by atoms with Gasteiger partial charge in [-0.05, 0) is 129 Å². The SMILES string of the molecule is [B][P@]1(=O)OC[C@H]2O[C@@H](n3cnc4c(C)ncnc43)[C@H](F)[C@@H]2O[P@](=O)(SCc2ccc(OC(=O)c3ccc(OCCn4nnc5c4-c4ccccc4N(C(=O)CCCCC(=O)Oc4ccc(COC(=O)Nc6nc7ccccc7c7c6nc(COCC)n7CC(C)(C)O)cc4)Cc4ccccc4-5)cc3)cc2)OC[C@H]2O[C@@H](n3cnc4c(N)ncnc43)[C@H](F)[C@@H]2O1. The summed E-state index contributed by atoms with van der Waals surface area (Å²) >= 11 is 0.656. The number of nitrogen functional groups attached to an aromatic ring is 1. The highest BCUT2D eigenvalue weighted by molar-refractivity contribution is 8.54. The average Bonchev–Trinajstić information content (AvgIpc) is 1.31. The normalized spacial score (nSPS) is 21.5. The predicted octanol–water partition coefficient (Wildman–Crippen LogP) is 13.4. The number of halogens is 2. The van der Waals surface area contributed by atoms with Gasteiger partial charge in [0.05, 0.1) is 84.8 Å². The molecule has 124 heavy (non-hydrogen) atoms. The van der Waals surface area contributed by atoms with E-state index >= 15 is 13.3 Å². The molecular weight excluding hydrogens is 1670 g/mol. The lowest BCUT2D eigenvalue weighted by Gasteiger charge is -2.30. The fourth-order valence-corrected chi connectivity index (χ4v) is 19.5. The number of benzene rings is 6. The molecule has 0 unspecified atom stereocenters. The van der Waals surface area contributed by atoms with Gasteiger partial charge in [-0.3, -0.25) is 37.7 Å². The molecule has 638 valence electrons. The third kappa shape index (κ3) is 18.1. The van der Waals surface area contributed by atoms with E-state index in [0.717, 1.165) is 22.8 Å². The lowest BCUT2D eigenvalue weighted by Crippen LogP contribution is -2.37. The number of nitrogens with zero attached hydrogens (tertiary/aromatic N) is 15. The van der Waals surface area contributed by atoms with Crippen molar-refractivity contribution in [1.29, 1.82) is 0 Å². The number of aliphatic hydroxyl groups is 1. The van der Waals surface area contributed by atoms with E-state index in [1.165, 1.54) is 40.2 Å². The van der Waals surface area contributed by atoms with Gasteiger partial charge in [-0.1, -0.05) is 90.1 Å². The van der Waals surface area contributed by atoms with Crippen LogP contribution in [0.4, 0.5) is 30.9 Å². The fraction of sp³-hybridized carbons (Fsp3) is 0.325. The summed E-state index contributed by atoms with van der Waals surface area (Å²) < 4.78 is 134. The van der Waals surface area contributed by atoms with Crippen LogP contribution in [0.1, 0.15) is 97.5 Å². The van der Waals surface area contributed by atoms with Crippen molar-refractivity contribution in [2.75, 3.05) is 42.4 Å². The van der Waals surface area contributed by atoms with E-state index < -0.39 is 100 Å². The van der Waals surface area contributed by atoms with Crippen molar-refractivity contribution in [1.82, 2.24) is 68.6 Å². The van der Waals surface area contributed by atoms with Crippen LogP contribution in [0, 0.1) is 6.92 Å². The number of aromatic nitrogens is 14. The number of nitrogens with one attached hydrogen (secondary N) is 1. The van der Waals surface area contributed by atoms with E-state index in [4.69, 9.17) is 74.5 Å². The summed E-state index contributed by atoms with van der Waals surface area (Å²) in [6.45, 7) is 2.11. The Balaban J connectivity index is 0.498. The molecule has 4 aliphatic heterocycles. The highest BCUT2D eigenvalue weighted by Crippen LogP contribution is 2.65. The van der Waals surface area contributed by atoms with Crippen molar-refractivity contribution < 1.29 is 93.4 Å². The standard InChI is InChI=1S/C83H80BF2N17O18P2S/c1-5-111-40-62-95-69-71(100(62)42-83(3,4)108)56-16-8-10-18-58(56)94-76(69)96-82(107)113-37-48-22-28-53(29-23-48)116-64(105)21-13-12-20-63(104)99-36-51-14-6-7-15-55(51)68-72(57-17-9-11-19-59(57)99)103(98-97-68)34-35-112-52-32-26-50(27-33-52)81(106)117-54-30-24-49(25-31-54)41-124-123(110)115-39-61-73(65(85)79(119-61)102-46-93-70-75(87)89-44-91-78(70)102)120-122(84,109)114-38-60-74(121-123)66(86)80(118-60)101-45-92-67-47(2)88-43-90-77(67)101/h6-11,14-19,22-33,43-46,60-61,65-66,73-74,79-80,108H,5,12-13,20-21,34-42H2,1-4H3,(H2,87,89,91)(H,94,96,107)/t60-,61-,65-,66-,73-,74-,79-,80-,122+,123-/m1/s1. The highest BCUT2D eigenvalue weighted by Gasteiger charge is 2.55. The van der Waals surface area contributed by atoms with Crippen LogP contribution < -0.4 is 30.2 Å². The summed E-state index contributed by atoms with van der Waals surface area (Å²) in [5.41, 5.74) is 13.5. The number of esters is 2. The Kier molecular flexibility index (Phi) is 24.3. The number of pyridine rings is 1. The molecule has 0 bridgehead atoms. The van der Waals surface area contributed by atoms with Gasteiger partial charge in [-0.2, -0.15) is 0 Å². The molecular formula is C83H80BF2N17O18P2S. The van der Waals surface area contributed by atoms with E-state index in [1.807, 2.05) is 84.3 Å². The van der Waals surface area contributed by atoms with Crippen molar-refractivity contribution in [2.24, 2.45) is 0 Å². The van der Waals surface area contributed by atoms with E-state index in [2.05, 4.69) is 45.5 Å². The van der Waals surface area contributed by atoms with Crippen LogP contribution in [0.3, 0.4) is 0 Å². The number of hydrogen-bond donors (Lipinski definition) is 3. The van der Waals surface area contributed by atoms with Gasteiger partial charge in [0.2, 0.25) is 13.5 Å². The molecule has 10 atom stereocenters. The Morgan fingerprint density at radius 1 is 0.710 bits per heavy atom. The number of rotatable bonds is 25. The van der Waals surface area contributed by atoms with Gasteiger partial charge in [0, 0.05) is 41.7 Å². The van der Waals surface area contributed by atoms with Crippen LogP contribution in [-0.4, -0.2) is 174 Å². The van der Waals surface area contributed by atoms with Crippen LogP contribution in [0.5, 0.6) is 17.2 Å². The number of carbonyl (C=O) groups excluding carboxylic acids is 4. The van der Waals surface area contributed by atoms with E-state index in [-0.39, 0.29) is 104 Å². The largest absolute Gasteiger partial charge is 0.492 e. The zero-order chi connectivity index (χ0) is 86.1. The number of amides is 2. The maximum absolute atomic E-state index is 17.2. The first-order valence-electron chi connectivity index (χ1n) is 39.6. The summed E-state index contributed by atoms with van der Waals surface area (Å²) in [5.74, 6) is 0.170. The zero-order valence-corrected chi connectivity index (χ0v) is 69.6. The highest BCUT2D eigenvalue weighted by atomic mass is 32.7. The number of alkyl halides is 2. The third-order valence-electron chi connectivity index (χ3n) is 21.0. The minimum atomic E-state index is -4.75. The molecule has 0 spiro atoms. The Morgan fingerprint density at radius 3 is 2.10 bits per heavy atom. The van der Waals surface area contributed by atoms with Crippen LogP contribution in [0.25, 0.3) is 66.8 Å². The number of fused-ring (bicyclic) bond motifs is 12. The smallest absolute Gasteiger partial charge is 0.413 e. The van der Waals surface area contributed by atoms with Gasteiger partial charge < -0.3 is 62.5 Å². The second kappa shape index (κ2) is 35.8. The van der Waals surface area contributed by atoms with Crippen LogP contribution in [-0.2, 0) is 94.4 Å². The Labute approximate surface area is 710 Å². The van der Waals surface area contributed by atoms with Crippen molar-refractivity contribution in [3.63, 3.8) is 0 Å². The molecule has 2 radical (unpaired) electrons. The first kappa shape index (κ1) is 84.4. The van der Waals surface area contributed by atoms with Crippen molar-refractivity contribution in [2.45, 2.75) is 147 Å². The predicted molar refractivity (Wildman–Crippen MR) is 448 cm³/mol. The maximum Gasteiger partial charge on any atom is 0.413 e. The molecule has 3 fully saturated rings. The molecule has 7 aromatic heterocycles. The summed E-state index contributed by atoms with van der Waals surface area (Å²) in [4.78, 5) is 91.2. The maximum atomic E-state index is 17.2. The molecule has 11 heterocycles. The molecule has 35 nitrogen and oxygen atoms in total. The topological polar surface area (TPSA) is 414 Å². The minimum Gasteiger partial charge on any atom is -0.492 e. The zero-order valence-electron chi connectivity index (χ0n) is 67.0. The summed E-state index contributed by atoms with van der Waals surface area (Å²) in [7, 11) is 1.35. The molecule has 4 aliphatic rings. The molecule has 0 saturated carbocycles. The van der Waals surface area contributed by atoms with E-state index in [9.17, 15) is 28.8 Å². The Bertz CT molecular complexity index is 6290. The monoisotopic (exact) mass is 1750 g/mol. The number of ether oxygens (including phenoxy) is 7. The molecule has 2 amide bonds. The molecule has 41 heteroatoms. The van der Waals surface area contributed by atoms with Crippen molar-refractivity contribution >= 4 is 119 Å². The number of imidazole rings is 3. The first-order valence-corrected chi connectivity index (χ1v) is 44.4. The Hall–Kier alpha value is -11.9. The third-order valence-corrected chi connectivity index (χ3v) is 25.7. The van der Waals surface area contributed by atoms with Gasteiger partial charge in [0.1, 0.15) is 102 Å². The summed E-state index contributed by atoms with van der Waals surface area (Å²) in [6.07, 6.45) is -8.86. The van der Waals surface area contributed by atoms with Gasteiger partial charge in [0.15, 0.2) is 47.7 Å². The van der Waals surface area contributed by atoms with Crippen molar-refractivity contribution in [3.8, 4) is 39.8 Å². The first-order chi connectivity index (χ1) is 59.9. The summed E-state index contributed by atoms with van der Waals surface area (Å²) in [5, 5.41) is 23.7. The summed E-state index contributed by atoms with van der Waals surface area (Å²) in [6, 6.07) is 41.9. The number of nitrogens with two attached hydrogens (primary N) is 1. The molecule has 0 aliphatic carbocycles. The van der Waals surface area contributed by atoms with Gasteiger partial charge >= 0.3 is 24.8 Å². The number of aryl methyl sites for hydroxylation is 1. The number of anilines is 3. The van der Waals surface area contributed by atoms with Gasteiger partial charge in [-0.25, -0.2) is 67.5 Å². The average molecular weight is 1750 g/mol. The van der Waals surface area contributed by atoms with Gasteiger partial charge in [0.25, 0.3) is 7.47 Å². The Morgan fingerprint density at radius 2 is 1.35 bits per heavy atom. The number of carbonyl (C=O) groups is 4. The van der Waals surface area contributed by atoms with Crippen LogP contribution in [0.2, 0.25) is 0 Å². The quantitative estimate of drug-likeness (QED) is 0.0157. The molecule has 13 aromatic rings. The number of unbranched alkanes of at least 4 members (excludes halogenated alkanes) is 1. The number of para-hydroxylation sites is 2. The second-order valence-corrected chi connectivity index (χ2v) is 35.8. The van der Waals surface area contributed by atoms with Crippen LogP contribution in [0.15, 0.2) is 171 Å². The lowest BCUT2D eigenvalue weighted by molar-refractivity contribution is -0.134. The van der Waals surface area contributed by atoms with E-state index in [1.54, 1.807) is 91.0 Å². The van der Waals surface area contributed by atoms with Gasteiger partial charge in [-0.15, -0.1) is 5.10 Å².